The van der Waals surface area contributed by atoms with Crippen molar-refractivity contribution in [1.82, 2.24) is 9.88 Å². The molecule has 1 saturated heterocycles. The molecule has 4 rings (SSSR count). The Morgan fingerprint density at radius 1 is 1.30 bits per heavy atom. The Balaban J connectivity index is 1.42. The Kier molecular flexibility index (Phi) is 4.89. The van der Waals surface area contributed by atoms with Gasteiger partial charge in [-0.25, -0.2) is 9.78 Å². The van der Waals surface area contributed by atoms with Gasteiger partial charge in [0, 0.05) is 41.9 Å². The van der Waals surface area contributed by atoms with E-state index in [1.807, 2.05) is 23.6 Å². The molecule has 1 aromatic heterocycles. The number of aldehydes is 1. The molecule has 1 atom stereocenters. The maximum Gasteiger partial charge on any atom is 0.407 e. The van der Waals surface area contributed by atoms with Crippen LogP contribution in [0.2, 0.25) is 0 Å². The second kappa shape index (κ2) is 7.48. The summed E-state index contributed by atoms with van der Waals surface area (Å²) in [4.78, 5) is 34.0. The van der Waals surface area contributed by atoms with Gasteiger partial charge in [-0.2, -0.15) is 0 Å². The van der Waals surface area contributed by atoms with Gasteiger partial charge in [0.05, 0.1) is 10.7 Å². The zero-order valence-corrected chi connectivity index (χ0v) is 15.4. The van der Waals surface area contributed by atoms with E-state index < -0.39 is 6.09 Å². The first-order chi connectivity index (χ1) is 13.2. The number of benzene rings is 1. The van der Waals surface area contributed by atoms with Crippen molar-refractivity contribution >= 4 is 29.4 Å². The highest BCUT2D eigenvalue weighted by atomic mass is 32.1. The third-order valence-corrected chi connectivity index (χ3v) is 6.08. The van der Waals surface area contributed by atoms with E-state index >= 15 is 0 Å². The predicted octanol–water partition coefficient (Wildman–Crippen LogP) is 3.68. The highest BCUT2D eigenvalue weighted by molar-refractivity contribution is 7.10. The minimum atomic E-state index is -0.854. The van der Waals surface area contributed by atoms with E-state index in [9.17, 15) is 9.59 Å². The summed E-state index contributed by atoms with van der Waals surface area (Å²) in [5.41, 5.74) is 3.04. The summed E-state index contributed by atoms with van der Waals surface area (Å²) in [6.07, 6.45) is 1.86. The molecule has 2 aromatic rings. The summed E-state index contributed by atoms with van der Waals surface area (Å²) >= 11 is 1.59. The molecule has 1 N–H and O–H groups in total. The molecule has 8 heteroatoms. The van der Waals surface area contributed by atoms with E-state index in [4.69, 9.17) is 14.9 Å². The fraction of sp³-hybridized carbons (Fsp3) is 0.368. The molecule has 1 aromatic carbocycles. The smallest absolute Gasteiger partial charge is 0.407 e. The van der Waals surface area contributed by atoms with Gasteiger partial charge in [0.1, 0.15) is 12.0 Å². The molecule has 2 aliphatic rings. The number of carbonyl (C=O) groups is 2. The standard InChI is InChI=1S/C19H19N3O4S/c23-10-13-3-1-2-4-14(13)17-9-15(21-26-17)16-11-27-18(20-16)12-5-7-22(8-6-12)19(24)25/h1-4,10-12,17H,5-9H2,(H,24,25). The maximum atomic E-state index is 11.2. The van der Waals surface area contributed by atoms with Gasteiger partial charge in [-0.3, -0.25) is 4.79 Å². The average Bonchev–Trinajstić information content (AvgIpc) is 3.37. The van der Waals surface area contributed by atoms with Crippen molar-refractivity contribution in [3.8, 4) is 0 Å². The van der Waals surface area contributed by atoms with E-state index in [2.05, 4.69) is 5.16 Å². The van der Waals surface area contributed by atoms with E-state index in [1.165, 1.54) is 4.90 Å². The highest BCUT2D eigenvalue weighted by Gasteiger charge is 2.29. The van der Waals surface area contributed by atoms with Crippen molar-refractivity contribution in [3.63, 3.8) is 0 Å². The van der Waals surface area contributed by atoms with Gasteiger partial charge in [0.25, 0.3) is 0 Å². The second-order valence-corrected chi connectivity index (χ2v) is 7.59. The summed E-state index contributed by atoms with van der Waals surface area (Å²) in [5, 5.41) is 16.3. The molecule has 2 aliphatic heterocycles. The van der Waals surface area contributed by atoms with Gasteiger partial charge < -0.3 is 14.8 Å². The third kappa shape index (κ3) is 3.57. The molecule has 1 amide bonds. The first-order valence-corrected chi connectivity index (χ1v) is 9.74. The van der Waals surface area contributed by atoms with Gasteiger partial charge >= 0.3 is 6.09 Å². The SMILES string of the molecule is O=Cc1ccccc1C1CC(c2csc(C3CCN(C(=O)O)CC3)n2)=NO1. The number of rotatable bonds is 4. The van der Waals surface area contributed by atoms with E-state index in [0.717, 1.165) is 41.1 Å². The number of carboxylic acid groups (broad SMARTS) is 1. The van der Waals surface area contributed by atoms with Crippen LogP contribution in [0.4, 0.5) is 4.79 Å². The minimum Gasteiger partial charge on any atom is -0.465 e. The van der Waals surface area contributed by atoms with Gasteiger partial charge in [0.2, 0.25) is 0 Å². The van der Waals surface area contributed by atoms with Crippen molar-refractivity contribution in [2.24, 2.45) is 5.16 Å². The van der Waals surface area contributed by atoms with Crippen LogP contribution in [0.25, 0.3) is 0 Å². The normalized spacial score (nSPS) is 20.2. The van der Waals surface area contributed by atoms with Gasteiger partial charge in [-0.15, -0.1) is 11.3 Å². The topological polar surface area (TPSA) is 92.1 Å². The minimum absolute atomic E-state index is 0.273. The number of likely N-dealkylation sites (tertiary alicyclic amines) is 1. The maximum absolute atomic E-state index is 11.2. The molecule has 0 saturated carbocycles. The van der Waals surface area contributed by atoms with Crippen LogP contribution in [0.5, 0.6) is 0 Å². The molecule has 3 heterocycles. The lowest BCUT2D eigenvalue weighted by Gasteiger charge is -2.28. The first kappa shape index (κ1) is 17.7. The number of nitrogens with zero attached hydrogens (tertiary/aromatic N) is 3. The van der Waals surface area contributed by atoms with E-state index in [1.54, 1.807) is 17.4 Å². The Bertz CT molecular complexity index is 887. The largest absolute Gasteiger partial charge is 0.465 e. The van der Waals surface area contributed by atoms with Crippen molar-refractivity contribution in [2.75, 3.05) is 13.1 Å². The Hall–Kier alpha value is -2.74. The average molecular weight is 385 g/mol. The Labute approximate surface area is 160 Å². The summed E-state index contributed by atoms with van der Waals surface area (Å²) in [7, 11) is 0. The van der Waals surface area contributed by atoms with Crippen LogP contribution >= 0.6 is 11.3 Å². The van der Waals surface area contributed by atoms with Crippen LogP contribution in [-0.2, 0) is 4.84 Å². The van der Waals surface area contributed by atoms with E-state index in [-0.39, 0.29) is 12.0 Å². The number of oxime groups is 1. The monoisotopic (exact) mass is 385 g/mol. The van der Waals surface area contributed by atoms with E-state index in [0.29, 0.717) is 25.1 Å². The fourth-order valence-electron chi connectivity index (χ4n) is 3.53. The van der Waals surface area contributed by atoms with Crippen molar-refractivity contribution in [3.05, 3.63) is 51.5 Å². The fourth-order valence-corrected chi connectivity index (χ4v) is 4.53. The molecule has 0 spiro atoms. The molecular weight excluding hydrogens is 366 g/mol. The summed E-state index contributed by atoms with van der Waals surface area (Å²) < 4.78 is 0. The molecule has 0 aliphatic carbocycles. The number of carbonyl (C=O) groups excluding carboxylic acids is 1. The Morgan fingerprint density at radius 2 is 2.07 bits per heavy atom. The third-order valence-electron chi connectivity index (χ3n) is 5.07. The summed E-state index contributed by atoms with van der Waals surface area (Å²) in [6, 6.07) is 7.37. The highest BCUT2D eigenvalue weighted by Crippen LogP contribution is 2.34. The van der Waals surface area contributed by atoms with Gasteiger partial charge in [-0.1, -0.05) is 29.4 Å². The van der Waals surface area contributed by atoms with Crippen LogP contribution in [0.1, 0.15) is 57.9 Å². The van der Waals surface area contributed by atoms with Gasteiger partial charge in [-0.05, 0) is 12.8 Å². The number of thiazole rings is 1. The quantitative estimate of drug-likeness (QED) is 0.811. The van der Waals surface area contributed by atoms with Crippen LogP contribution in [0, 0.1) is 0 Å². The molecule has 7 nitrogen and oxygen atoms in total. The first-order valence-electron chi connectivity index (χ1n) is 8.86. The number of amides is 1. The van der Waals surface area contributed by atoms with Crippen LogP contribution < -0.4 is 0 Å². The number of piperidine rings is 1. The van der Waals surface area contributed by atoms with Gasteiger partial charge in [0.15, 0.2) is 6.10 Å². The van der Waals surface area contributed by atoms with Crippen LogP contribution in [0.3, 0.4) is 0 Å². The second-order valence-electron chi connectivity index (χ2n) is 6.70. The van der Waals surface area contributed by atoms with Crippen LogP contribution in [-0.4, -0.2) is 46.2 Å². The summed E-state index contributed by atoms with van der Waals surface area (Å²) in [6.45, 7) is 1.09. The molecule has 1 unspecified atom stereocenters. The molecule has 0 bridgehead atoms. The molecule has 1 fully saturated rings. The van der Waals surface area contributed by atoms with Crippen molar-refractivity contribution in [2.45, 2.75) is 31.3 Å². The Morgan fingerprint density at radius 3 is 2.81 bits per heavy atom. The lowest BCUT2D eigenvalue weighted by atomic mass is 9.97. The number of hydrogen-bond acceptors (Lipinski definition) is 6. The molecule has 140 valence electrons. The lowest BCUT2D eigenvalue weighted by Crippen LogP contribution is -2.36. The van der Waals surface area contributed by atoms with Crippen molar-refractivity contribution < 1.29 is 19.5 Å². The number of aromatic nitrogens is 1. The molecular formula is C19H19N3O4S. The molecule has 0 radical (unpaired) electrons. The predicted molar refractivity (Wildman–Crippen MR) is 100 cm³/mol. The zero-order chi connectivity index (χ0) is 18.8. The van der Waals surface area contributed by atoms with Crippen LogP contribution in [0.15, 0.2) is 34.8 Å². The number of hydrogen-bond donors (Lipinski definition) is 1. The zero-order valence-electron chi connectivity index (χ0n) is 14.6. The molecule has 27 heavy (non-hydrogen) atoms. The lowest BCUT2D eigenvalue weighted by molar-refractivity contribution is 0.0843. The van der Waals surface area contributed by atoms with Crippen molar-refractivity contribution in [1.29, 1.82) is 0 Å². The summed E-state index contributed by atoms with van der Waals surface area (Å²) in [5.74, 6) is 0.286.